The van der Waals surface area contributed by atoms with Crippen LogP contribution >= 0.6 is 0 Å². The van der Waals surface area contributed by atoms with Crippen LogP contribution in [0.2, 0.25) is 0 Å². The summed E-state index contributed by atoms with van der Waals surface area (Å²) in [4.78, 5) is 26.5. The van der Waals surface area contributed by atoms with E-state index in [1.165, 1.54) is 0 Å². The summed E-state index contributed by atoms with van der Waals surface area (Å²) in [6.45, 7) is 4.75. The molecule has 0 aromatic carbocycles. The van der Waals surface area contributed by atoms with Crippen LogP contribution in [0.5, 0.6) is 5.88 Å². The van der Waals surface area contributed by atoms with Crippen LogP contribution in [0.25, 0.3) is 0 Å². The molecular weight excluding hydrogens is 322 g/mol. The summed E-state index contributed by atoms with van der Waals surface area (Å²) in [5.74, 6) is -2.03. The molecule has 1 amide bonds. The molecule has 134 valence electrons. The Morgan fingerprint density at radius 2 is 2.00 bits per heavy atom. The van der Waals surface area contributed by atoms with Gasteiger partial charge in [-0.15, -0.1) is 0 Å². The molecule has 1 aromatic rings. The number of aliphatic hydroxyl groups is 2. The largest absolute Gasteiger partial charge is 0.493 e. The monoisotopic (exact) mass is 343 g/mol. The number of esters is 1. The molecule has 1 fully saturated rings. The summed E-state index contributed by atoms with van der Waals surface area (Å²) >= 11 is 0. The van der Waals surface area contributed by atoms with Crippen LogP contribution in [-0.4, -0.2) is 61.7 Å². The zero-order chi connectivity index (χ0) is 18.2. The number of imidazole rings is 1. The van der Waals surface area contributed by atoms with Gasteiger partial charge in [0, 0.05) is 0 Å². The number of carbonyl (C=O) groups is 2. The van der Waals surface area contributed by atoms with E-state index in [9.17, 15) is 24.9 Å². The minimum absolute atomic E-state index is 0.275. The summed E-state index contributed by atoms with van der Waals surface area (Å²) in [5, 5.41) is 30.0. The van der Waals surface area contributed by atoms with Crippen LogP contribution in [0.1, 0.15) is 37.5 Å². The van der Waals surface area contributed by atoms with Gasteiger partial charge in [0.1, 0.15) is 31.2 Å². The van der Waals surface area contributed by atoms with Crippen molar-refractivity contribution in [2.75, 3.05) is 6.61 Å². The van der Waals surface area contributed by atoms with E-state index < -0.39 is 47.7 Å². The highest BCUT2D eigenvalue weighted by molar-refractivity contribution is 5.93. The molecular formula is C14H21N3O7. The van der Waals surface area contributed by atoms with E-state index in [-0.39, 0.29) is 12.3 Å². The van der Waals surface area contributed by atoms with Crippen LogP contribution in [0, 0.1) is 5.41 Å². The summed E-state index contributed by atoms with van der Waals surface area (Å²) in [6, 6.07) is 0. The average molecular weight is 343 g/mol. The Kier molecular flexibility index (Phi) is 4.83. The molecule has 10 nitrogen and oxygen atoms in total. The Morgan fingerprint density at radius 3 is 2.50 bits per heavy atom. The number of hydrogen-bond acceptors (Lipinski definition) is 8. The van der Waals surface area contributed by atoms with Gasteiger partial charge in [-0.3, -0.25) is 14.2 Å². The number of amides is 1. The lowest BCUT2D eigenvalue weighted by atomic mass is 9.97. The molecule has 1 unspecified atom stereocenters. The zero-order valence-corrected chi connectivity index (χ0v) is 13.5. The molecule has 2 heterocycles. The molecule has 4 atom stereocenters. The molecule has 1 aromatic heterocycles. The maximum atomic E-state index is 11.8. The predicted molar refractivity (Wildman–Crippen MR) is 78.7 cm³/mol. The first-order valence-electron chi connectivity index (χ1n) is 7.28. The van der Waals surface area contributed by atoms with Gasteiger partial charge in [-0.05, 0) is 20.8 Å². The van der Waals surface area contributed by atoms with Gasteiger partial charge in [0.05, 0.1) is 5.41 Å². The topological polar surface area (TPSA) is 157 Å². The number of rotatable bonds is 4. The van der Waals surface area contributed by atoms with E-state index in [2.05, 4.69) is 4.98 Å². The molecule has 1 saturated heterocycles. The van der Waals surface area contributed by atoms with E-state index in [4.69, 9.17) is 15.2 Å². The fourth-order valence-electron chi connectivity index (χ4n) is 2.19. The van der Waals surface area contributed by atoms with Crippen molar-refractivity contribution in [1.29, 1.82) is 0 Å². The first-order chi connectivity index (χ1) is 11.0. The van der Waals surface area contributed by atoms with Crippen molar-refractivity contribution in [1.82, 2.24) is 9.55 Å². The van der Waals surface area contributed by atoms with Crippen LogP contribution in [0.3, 0.4) is 0 Å². The molecule has 2 rings (SSSR count). The first-order valence-corrected chi connectivity index (χ1v) is 7.28. The Labute approximate surface area is 137 Å². The summed E-state index contributed by atoms with van der Waals surface area (Å²) in [6.07, 6.45) is -3.95. The zero-order valence-electron chi connectivity index (χ0n) is 13.5. The standard InChI is InChI=1S/C14H21N3O7/c1-14(2,3)13(22)23-4-6-8(18)9(19)12(24-6)17-5-16-7(10(15)20)11(17)21/h5-6,8-9,12,18-19,21H,4H2,1-3H3,(H2,15,20)/t6-,8?,9-,12-/m1/s1. The smallest absolute Gasteiger partial charge is 0.311 e. The number of hydrogen-bond donors (Lipinski definition) is 4. The molecule has 0 radical (unpaired) electrons. The molecule has 1 aliphatic rings. The van der Waals surface area contributed by atoms with Gasteiger partial charge in [0.2, 0.25) is 5.88 Å². The average Bonchev–Trinajstić information content (AvgIpc) is 2.98. The number of nitrogens with two attached hydrogens (primary N) is 1. The third kappa shape index (κ3) is 3.35. The van der Waals surface area contributed by atoms with Crippen LogP contribution < -0.4 is 5.73 Å². The van der Waals surface area contributed by atoms with Gasteiger partial charge >= 0.3 is 5.97 Å². The number of ether oxygens (including phenoxy) is 2. The number of aromatic hydroxyl groups is 1. The van der Waals surface area contributed by atoms with Gasteiger partial charge in [0.25, 0.3) is 5.91 Å². The second-order valence-corrected chi connectivity index (χ2v) is 6.58. The van der Waals surface area contributed by atoms with Gasteiger partial charge in [-0.2, -0.15) is 0 Å². The minimum Gasteiger partial charge on any atom is -0.493 e. The molecule has 0 bridgehead atoms. The molecule has 24 heavy (non-hydrogen) atoms. The summed E-state index contributed by atoms with van der Waals surface area (Å²) in [7, 11) is 0. The lowest BCUT2D eigenvalue weighted by molar-refractivity contribution is -0.159. The molecule has 0 aliphatic carbocycles. The quantitative estimate of drug-likeness (QED) is 0.501. The van der Waals surface area contributed by atoms with E-state index >= 15 is 0 Å². The van der Waals surface area contributed by atoms with E-state index in [0.29, 0.717) is 0 Å². The summed E-state index contributed by atoms with van der Waals surface area (Å²) in [5.41, 5.74) is 3.94. The van der Waals surface area contributed by atoms with Crippen molar-refractivity contribution in [2.24, 2.45) is 11.1 Å². The highest BCUT2D eigenvalue weighted by Gasteiger charge is 2.45. The van der Waals surface area contributed by atoms with Crippen molar-refractivity contribution in [3.8, 4) is 5.88 Å². The van der Waals surface area contributed by atoms with Crippen molar-refractivity contribution >= 4 is 11.9 Å². The fraction of sp³-hybridized carbons (Fsp3) is 0.643. The highest BCUT2D eigenvalue weighted by atomic mass is 16.6. The van der Waals surface area contributed by atoms with Crippen molar-refractivity contribution in [3.05, 3.63) is 12.0 Å². The number of nitrogens with zero attached hydrogens (tertiary/aromatic N) is 2. The Bertz CT molecular complexity index is 637. The van der Waals surface area contributed by atoms with E-state index in [0.717, 1.165) is 10.9 Å². The molecule has 1 aliphatic heterocycles. The predicted octanol–water partition coefficient (Wildman–Crippen LogP) is -1.10. The Balaban J connectivity index is 2.10. The third-order valence-electron chi connectivity index (χ3n) is 3.60. The third-order valence-corrected chi connectivity index (χ3v) is 3.60. The van der Waals surface area contributed by atoms with Crippen molar-refractivity contribution in [3.63, 3.8) is 0 Å². The Hall–Kier alpha value is -2.17. The number of aliphatic hydroxyl groups excluding tert-OH is 2. The number of aromatic nitrogens is 2. The van der Waals surface area contributed by atoms with Crippen LogP contribution in [0.15, 0.2) is 6.33 Å². The Morgan fingerprint density at radius 1 is 1.38 bits per heavy atom. The number of carbonyl (C=O) groups excluding carboxylic acids is 2. The minimum atomic E-state index is -1.43. The van der Waals surface area contributed by atoms with Gasteiger partial charge in [0.15, 0.2) is 11.9 Å². The normalized spacial score (nSPS) is 27.2. The second-order valence-electron chi connectivity index (χ2n) is 6.58. The van der Waals surface area contributed by atoms with Gasteiger partial charge in [-0.25, -0.2) is 4.98 Å². The second kappa shape index (κ2) is 6.38. The molecule has 0 saturated carbocycles. The van der Waals surface area contributed by atoms with Gasteiger partial charge in [-0.1, -0.05) is 0 Å². The highest BCUT2D eigenvalue weighted by Crippen LogP contribution is 2.33. The number of primary amides is 1. The maximum Gasteiger partial charge on any atom is 0.311 e. The lowest BCUT2D eigenvalue weighted by Crippen LogP contribution is -2.35. The van der Waals surface area contributed by atoms with Gasteiger partial charge < -0.3 is 30.5 Å². The van der Waals surface area contributed by atoms with Crippen molar-refractivity contribution < 1.29 is 34.4 Å². The summed E-state index contributed by atoms with van der Waals surface area (Å²) < 4.78 is 11.5. The van der Waals surface area contributed by atoms with Crippen molar-refractivity contribution in [2.45, 2.75) is 45.3 Å². The van der Waals surface area contributed by atoms with Crippen LogP contribution in [0.4, 0.5) is 0 Å². The molecule has 10 heteroatoms. The molecule has 5 N–H and O–H groups in total. The van der Waals surface area contributed by atoms with E-state index in [1.807, 2.05) is 0 Å². The van der Waals surface area contributed by atoms with Crippen LogP contribution in [-0.2, 0) is 14.3 Å². The first kappa shape index (κ1) is 18.2. The van der Waals surface area contributed by atoms with E-state index in [1.54, 1.807) is 20.8 Å². The lowest BCUT2D eigenvalue weighted by Gasteiger charge is -2.20. The SMILES string of the molecule is CC(C)(C)C(=O)OC[C@H]1O[C@@H](n2cnc(C(N)=O)c2O)[C@H](O)C1O. The fourth-order valence-corrected chi connectivity index (χ4v) is 2.19. The maximum absolute atomic E-state index is 11.8. The molecule has 0 spiro atoms.